The van der Waals surface area contributed by atoms with E-state index < -0.39 is 10.0 Å². The Kier molecular flexibility index (Phi) is 7.44. The molecule has 170 valence electrons. The minimum Gasteiger partial charge on any atom is -0.344 e. The number of ketones is 1. The Morgan fingerprint density at radius 1 is 1.06 bits per heavy atom. The highest BCUT2D eigenvalue weighted by molar-refractivity contribution is 7.92. The Morgan fingerprint density at radius 3 is 2.28 bits per heavy atom. The van der Waals surface area contributed by atoms with Crippen LogP contribution in [-0.4, -0.2) is 50.1 Å². The van der Waals surface area contributed by atoms with Crippen molar-refractivity contribution in [3.8, 4) is 0 Å². The van der Waals surface area contributed by atoms with Gasteiger partial charge in [0.15, 0.2) is 0 Å². The number of hydrogen-bond donors (Lipinski definition) is 1. The first-order valence-corrected chi connectivity index (χ1v) is 12.3. The molecule has 1 aromatic heterocycles. The van der Waals surface area contributed by atoms with Gasteiger partial charge in [-0.15, -0.1) is 0 Å². The van der Waals surface area contributed by atoms with E-state index in [2.05, 4.69) is 4.72 Å². The highest BCUT2D eigenvalue weighted by atomic mass is 35.5. The fourth-order valence-corrected chi connectivity index (χ4v) is 4.82. The Morgan fingerprint density at radius 2 is 1.69 bits per heavy atom. The molecule has 0 aliphatic heterocycles. The van der Waals surface area contributed by atoms with Crippen LogP contribution in [0.5, 0.6) is 0 Å². The molecule has 6 nitrogen and oxygen atoms in total. The van der Waals surface area contributed by atoms with E-state index in [0.717, 1.165) is 16.8 Å². The molecule has 0 radical (unpaired) electrons. The molecule has 0 fully saturated rings. The average Bonchev–Trinajstić information content (AvgIpc) is 3.01. The number of carbonyl (C=O) groups is 1. The summed E-state index contributed by atoms with van der Waals surface area (Å²) in [6, 6.07) is 16.2. The normalized spacial score (nSPS) is 11.7. The molecule has 8 heteroatoms. The van der Waals surface area contributed by atoms with Gasteiger partial charge in [0.05, 0.1) is 11.4 Å². The van der Waals surface area contributed by atoms with Crippen LogP contribution in [0.4, 0.5) is 5.69 Å². The second-order valence-electron chi connectivity index (χ2n) is 8.16. The molecule has 0 atom stereocenters. The van der Waals surface area contributed by atoms with E-state index in [1.807, 2.05) is 55.7 Å². The predicted molar refractivity (Wildman–Crippen MR) is 130 cm³/mol. The summed E-state index contributed by atoms with van der Waals surface area (Å²) >= 11 is 5.94. The summed E-state index contributed by atoms with van der Waals surface area (Å²) in [6.45, 7) is 2.38. The molecule has 32 heavy (non-hydrogen) atoms. The lowest BCUT2D eigenvalue weighted by Crippen LogP contribution is -2.26. The second kappa shape index (κ2) is 9.90. The molecule has 0 bridgehead atoms. The summed E-state index contributed by atoms with van der Waals surface area (Å²) in [7, 11) is 2.17. The lowest BCUT2D eigenvalue weighted by Gasteiger charge is -2.12. The molecule has 0 saturated carbocycles. The lowest BCUT2D eigenvalue weighted by molar-refractivity contribution is 0.103. The van der Waals surface area contributed by atoms with Gasteiger partial charge in [-0.3, -0.25) is 9.52 Å². The van der Waals surface area contributed by atoms with E-state index >= 15 is 0 Å². The molecule has 0 saturated heterocycles. The Labute approximate surface area is 194 Å². The van der Waals surface area contributed by atoms with Crippen molar-refractivity contribution < 1.29 is 13.2 Å². The van der Waals surface area contributed by atoms with Crippen LogP contribution >= 0.6 is 11.6 Å². The zero-order chi connectivity index (χ0) is 23.5. The van der Waals surface area contributed by atoms with Crippen LogP contribution in [0.2, 0.25) is 5.02 Å². The summed E-state index contributed by atoms with van der Waals surface area (Å²) in [5, 5.41) is 0.592. The molecule has 0 aliphatic carbocycles. The molecular formula is C24H28ClN3O3S. The van der Waals surface area contributed by atoms with E-state index in [1.165, 1.54) is 0 Å². The third-order valence-corrected chi connectivity index (χ3v) is 6.78. The number of carbonyl (C=O) groups excluding carboxylic acids is 1. The van der Waals surface area contributed by atoms with Gasteiger partial charge < -0.3 is 9.47 Å². The zero-order valence-electron chi connectivity index (χ0n) is 18.7. The van der Waals surface area contributed by atoms with E-state index in [4.69, 9.17) is 11.6 Å². The molecule has 0 spiro atoms. The Hall–Kier alpha value is -2.61. The van der Waals surface area contributed by atoms with Crippen molar-refractivity contribution in [2.75, 3.05) is 31.1 Å². The first kappa shape index (κ1) is 24.0. The van der Waals surface area contributed by atoms with Crippen LogP contribution in [0.25, 0.3) is 0 Å². The van der Waals surface area contributed by atoms with Crippen molar-refractivity contribution >= 4 is 33.1 Å². The molecule has 3 rings (SSSR count). The third kappa shape index (κ3) is 6.00. The van der Waals surface area contributed by atoms with Gasteiger partial charge in [-0.25, -0.2) is 8.42 Å². The summed E-state index contributed by atoms with van der Waals surface area (Å²) in [6.07, 6.45) is 0.624. The fraction of sp³-hybridized carbons (Fsp3) is 0.292. The van der Waals surface area contributed by atoms with E-state index in [1.54, 1.807) is 36.4 Å². The van der Waals surface area contributed by atoms with Crippen molar-refractivity contribution in [2.45, 2.75) is 13.3 Å². The van der Waals surface area contributed by atoms with Crippen LogP contribution in [0.3, 0.4) is 0 Å². The first-order chi connectivity index (χ1) is 15.1. The maximum Gasteiger partial charge on any atom is 0.233 e. The van der Waals surface area contributed by atoms with Crippen LogP contribution < -0.4 is 4.72 Å². The van der Waals surface area contributed by atoms with Gasteiger partial charge in [-0.2, -0.15) is 0 Å². The Bertz CT molecular complexity index is 1200. The van der Waals surface area contributed by atoms with Crippen LogP contribution in [-0.2, 0) is 23.5 Å². The van der Waals surface area contributed by atoms with Crippen molar-refractivity contribution in [3.05, 3.63) is 87.7 Å². The number of sulfonamides is 1. The van der Waals surface area contributed by atoms with Gasteiger partial charge in [0.2, 0.25) is 15.8 Å². The topological polar surface area (TPSA) is 71.4 Å². The molecular weight excluding hydrogens is 446 g/mol. The van der Waals surface area contributed by atoms with E-state index in [0.29, 0.717) is 34.9 Å². The molecule has 2 aromatic carbocycles. The molecule has 1 heterocycles. The SMILES string of the molecule is Cc1cc(Cc2ccc(NS(=O)(=O)CCN(C)C)cc2)n(C)c1C(=O)c1ccc(Cl)cc1. The van der Waals surface area contributed by atoms with Crippen molar-refractivity contribution in [3.63, 3.8) is 0 Å². The van der Waals surface area contributed by atoms with Crippen molar-refractivity contribution in [1.29, 1.82) is 0 Å². The van der Waals surface area contributed by atoms with Crippen LogP contribution in [0.1, 0.15) is 32.9 Å². The number of rotatable bonds is 9. The molecule has 3 aromatic rings. The maximum absolute atomic E-state index is 13.0. The van der Waals surface area contributed by atoms with Gasteiger partial charge in [0.25, 0.3) is 0 Å². The van der Waals surface area contributed by atoms with Gasteiger partial charge in [-0.05, 0) is 74.6 Å². The van der Waals surface area contributed by atoms with Crippen LogP contribution in [0, 0.1) is 6.92 Å². The highest BCUT2D eigenvalue weighted by Gasteiger charge is 2.19. The highest BCUT2D eigenvalue weighted by Crippen LogP contribution is 2.22. The number of benzene rings is 2. The van der Waals surface area contributed by atoms with Crippen molar-refractivity contribution in [2.24, 2.45) is 7.05 Å². The Balaban J connectivity index is 1.73. The maximum atomic E-state index is 13.0. The number of aryl methyl sites for hydroxylation is 1. The number of aromatic nitrogens is 1. The quantitative estimate of drug-likeness (QED) is 0.475. The first-order valence-electron chi connectivity index (χ1n) is 10.3. The average molecular weight is 474 g/mol. The number of anilines is 1. The van der Waals surface area contributed by atoms with Gasteiger partial charge in [0, 0.05) is 42.0 Å². The summed E-state index contributed by atoms with van der Waals surface area (Å²) in [5.41, 5.74) is 4.71. The van der Waals surface area contributed by atoms with Gasteiger partial charge >= 0.3 is 0 Å². The summed E-state index contributed by atoms with van der Waals surface area (Å²) < 4.78 is 28.9. The number of nitrogens with zero attached hydrogens (tertiary/aromatic N) is 2. The predicted octanol–water partition coefficient (Wildman–Crippen LogP) is 4.11. The number of nitrogens with one attached hydrogen (secondary N) is 1. The van der Waals surface area contributed by atoms with E-state index in [-0.39, 0.29) is 11.5 Å². The second-order valence-corrected chi connectivity index (χ2v) is 10.4. The minimum absolute atomic E-state index is 0.0365. The zero-order valence-corrected chi connectivity index (χ0v) is 20.3. The van der Waals surface area contributed by atoms with Gasteiger partial charge in [-0.1, -0.05) is 23.7 Å². The lowest BCUT2D eigenvalue weighted by atomic mass is 10.1. The van der Waals surface area contributed by atoms with Gasteiger partial charge in [0.1, 0.15) is 0 Å². The molecule has 0 aliphatic rings. The number of halogens is 1. The van der Waals surface area contributed by atoms with Crippen molar-refractivity contribution in [1.82, 2.24) is 9.47 Å². The van der Waals surface area contributed by atoms with E-state index in [9.17, 15) is 13.2 Å². The molecule has 1 N–H and O–H groups in total. The number of hydrogen-bond acceptors (Lipinski definition) is 4. The summed E-state index contributed by atoms with van der Waals surface area (Å²) in [5.74, 6) is -0.00942. The smallest absolute Gasteiger partial charge is 0.233 e. The molecule has 0 unspecified atom stereocenters. The molecule has 0 amide bonds. The minimum atomic E-state index is -3.39. The van der Waals surface area contributed by atoms with Crippen LogP contribution in [0.15, 0.2) is 54.6 Å². The fourth-order valence-electron chi connectivity index (χ4n) is 3.50. The third-order valence-electron chi connectivity index (χ3n) is 5.26. The summed E-state index contributed by atoms with van der Waals surface area (Å²) in [4.78, 5) is 14.8. The monoisotopic (exact) mass is 473 g/mol. The standard InChI is InChI=1S/C24H28ClN3O3S/c1-17-15-22(28(4)23(17)24(29)19-7-9-20(25)10-8-19)16-18-5-11-21(12-6-18)26-32(30,31)14-13-27(2)3/h5-12,15,26H,13-14,16H2,1-4H3. The largest absolute Gasteiger partial charge is 0.344 e.